The van der Waals surface area contributed by atoms with E-state index >= 15 is 0 Å². The van der Waals surface area contributed by atoms with Crippen molar-refractivity contribution in [3.05, 3.63) is 82.1 Å². The van der Waals surface area contributed by atoms with Gasteiger partial charge in [-0.2, -0.15) is 0 Å². The quantitative estimate of drug-likeness (QED) is 0.653. The number of carbonyl (C=O) groups excluding carboxylic acids is 1. The Balaban J connectivity index is 1.59. The Kier molecular flexibility index (Phi) is 6.04. The number of aryl methyl sites for hydroxylation is 2. The molecule has 2 aromatic carbocycles. The molecule has 5 nitrogen and oxygen atoms in total. The van der Waals surface area contributed by atoms with Gasteiger partial charge in [-0.15, -0.1) is 0 Å². The molecule has 27 heavy (non-hydrogen) atoms. The molecule has 3 rings (SSSR count). The van der Waals surface area contributed by atoms with Gasteiger partial charge >= 0.3 is 0 Å². The summed E-state index contributed by atoms with van der Waals surface area (Å²) in [5, 5.41) is 6.51. The Bertz CT molecular complexity index is 904. The Morgan fingerprint density at radius 2 is 1.78 bits per heavy atom. The summed E-state index contributed by atoms with van der Waals surface area (Å²) >= 11 is 6.24. The van der Waals surface area contributed by atoms with Crippen molar-refractivity contribution in [3.63, 3.8) is 0 Å². The number of rotatable bonds is 6. The Hall–Kier alpha value is -2.92. The number of amides is 1. The minimum absolute atomic E-state index is 0.292. The number of carbonyl (C=O) groups is 1. The lowest BCUT2D eigenvalue weighted by Crippen LogP contribution is -2.15. The van der Waals surface area contributed by atoms with E-state index in [1.54, 1.807) is 0 Å². The van der Waals surface area contributed by atoms with Crippen LogP contribution in [0.1, 0.15) is 27.0 Å². The number of benzene rings is 2. The molecule has 1 amide bonds. The van der Waals surface area contributed by atoms with Crippen molar-refractivity contribution in [1.29, 1.82) is 0 Å². The number of nitrogens with one attached hydrogen (secondary N) is 2. The maximum absolute atomic E-state index is 12.4. The van der Waals surface area contributed by atoms with Crippen LogP contribution in [0.5, 0.6) is 0 Å². The average molecular weight is 381 g/mol. The summed E-state index contributed by atoms with van der Waals surface area (Å²) in [6, 6.07) is 14.0. The molecule has 0 aliphatic heterocycles. The van der Waals surface area contributed by atoms with E-state index in [4.69, 9.17) is 11.6 Å². The fourth-order valence-corrected chi connectivity index (χ4v) is 3.13. The highest BCUT2D eigenvalue weighted by Crippen LogP contribution is 2.27. The topological polar surface area (TPSA) is 66.9 Å². The summed E-state index contributed by atoms with van der Waals surface area (Å²) in [6.45, 7) is 4.58. The van der Waals surface area contributed by atoms with Gasteiger partial charge in [0.1, 0.15) is 0 Å². The third-order valence-electron chi connectivity index (χ3n) is 4.12. The third kappa shape index (κ3) is 5.05. The third-order valence-corrected chi connectivity index (χ3v) is 4.42. The normalized spacial score (nSPS) is 10.5. The van der Waals surface area contributed by atoms with Gasteiger partial charge in [-0.3, -0.25) is 4.79 Å². The first-order valence-electron chi connectivity index (χ1n) is 8.71. The first kappa shape index (κ1) is 18.9. The van der Waals surface area contributed by atoms with Crippen molar-refractivity contribution in [2.75, 3.05) is 17.2 Å². The summed E-state index contributed by atoms with van der Waals surface area (Å²) in [6.07, 6.45) is 3.88. The maximum Gasteiger partial charge on any atom is 0.258 e. The van der Waals surface area contributed by atoms with Crippen LogP contribution in [0, 0.1) is 13.8 Å². The van der Waals surface area contributed by atoms with Crippen molar-refractivity contribution < 1.29 is 4.79 Å². The number of aromatic nitrogens is 2. The molecule has 3 aromatic rings. The number of anilines is 2. The maximum atomic E-state index is 12.4. The summed E-state index contributed by atoms with van der Waals surface area (Å²) in [7, 11) is 0. The van der Waals surface area contributed by atoms with E-state index in [0.717, 1.165) is 17.5 Å². The highest BCUT2D eigenvalue weighted by molar-refractivity contribution is 6.34. The highest BCUT2D eigenvalue weighted by Gasteiger charge is 2.12. The van der Waals surface area contributed by atoms with Gasteiger partial charge in [-0.05, 0) is 43.0 Å². The zero-order chi connectivity index (χ0) is 19.2. The molecular weight excluding hydrogens is 360 g/mol. The summed E-state index contributed by atoms with van der Waals surface area (Å²) in [4.78, 5) is 20.9. The zero-order valence-electron chi connectivity index (χ0n) is 15.3. The van der Waals surface area contributed by atoms with Crippen LogP contribution in [0.2, 0.25) is 5.02 Å². The van der Waals surface area contributed by atoms with E-state index in [1.807, 2.05) is 44.2 Å². The second-order valence-corrected chi connectivity index (χ2v) is 6.76. The first-order valence-corrected chi connectivity index (χ1v) is 9.08. The summed E-state index contributed by atoms with van der Waals surface area (Å²) in [5.74, 6) is 0.201. The van der Waals surface area contributed by atoms with E-state index in [0.29, 0.717) is 28.8 Å². The van der Waals surface area contributed by atoms with Crippen molar-refractivity contribution in [3.8, 4) is 0 Å². The fourth-order valence-electron chi connectivity index (χ4n) is 2.76. The van der Waals surface area contributed by atoms with E-state index in [2.05, 4.69) is 32.7 Å². The van der Waals surface area contributed by atoms with Crippen molar-refractivity contribution >= 4 is 29.1 Å². The van der Waals surface area contributed by atoms with Gasteiger partial charge in [-0.25, -0.2) is 9.97 Å². The molecule has 0 aliphatic carbocycles. The number of hydrogen-bond donors (Lipinski definition) is 2. The molecule has 1 heterocycles. The van der Waals surface area contributed by atoms with Crippen LogP contribution in [0.3, 0.4) is 0 Å². The largest absolute Gasteiger partial charge is 0.354 e. The van der Waals surface area contributed by atoms with Crippen LogP contribution in [-0.2, 0) is 6.42 Å². The van der Waals surface area contributed by atoms with Crippen LogP contribution in [0.4, 0.5) is 11.6 Å². The van der Waals surface area contributed by atoms with Crippen LogP contribution < -0.4 is 10.6 Å². The van der Waals surface area contributed by atoms with Crippen LogP contribution in [0.25, 0.3) is 0 Å². The van der Waals surface area contributed by atoms with E-state index in [9.17, 15) is 4.79 Å². The van der Waals surface area contributed by atoms with E-state index in [1.165, 1.54) is 18.0 Å². The van der Waals surface area contributed by atoms with E-state index in [-0.39, 0.29) is 5.91 Å². The lowest BCUT2D eigenvalue weighted by molar-refractivity contribution is 0.102. The molecule has 0 aliphatic rings. The Morgan fingerprint density at radius 1 is 1.07 bits per heavy atom. The molecule has 0 unspecified atom stereocenters. The standard InChI is InChI=1S/C21H21ClN4O/c1-14-10-15(2)19(18(22)11-14)26-20(27)17-12-24-21(25-13-17)23-9-8-16-6-4-3-5-7-16/h3-7,10-13H,8-9H2,1-2H3,(H,26,27)(H,23,24,25). The molecule has 2 N–H and O–H groups in total. The molecule has 0 fully saturated rings. The van der Waals surface area contributed by atoms with Gasteiger partial charge in [-0.1, -0.05) is 48.0 Å². The van der Waals surface area contributed by atoms with E-state index < -0.39 is 0 Å². The average Bonchev–Trinajstić information content (AvgIpc) is 2.66. The molecule has 1 aromatic heterocycles. The predicted molar refractivity (Wildman–Crippen MR) is 110 cm³/mol. The van der Waals surface area contributed by atoms with Gasteiger partial charge in [0.05, 0.1) is 16.3 Å². The lowest BCUT2D eigenvalue weighted by Gasteiger charge is -2.11. The molecule has 0 saturated heterocycles. The predicted octanol–water partition coefficient (Wildman–Crippen LogP) is 4.65. The summed E-state index contributed by atoms with van der Waals surface area (Å²) < 4.78 is 0. The van der Waals surface area contributed by atoms with Gasteiger partial charge < -0.3 is 10.6 Å². The SMILES string of the molecule is Cc1cc(C)c(NC(=O)c2cnc(NCCc3ccccc3)nc2)c(Cl)c1. The van der Waals surface area contributed by atoms with Crippen LogP contribution >= 0.6 is 11.6 Å². The molecule has 0 spiro atoms. The highest BCUT2D eigenvalue weighted by atomic mass is 35.5. The minimum Gasteiger partial charge on any atom is -0.354 e. The lowest BCUT2D eigenvalue weighted by atomic mass is 10.1. The van der Waals surface area contributed by atoms with Gasteiger partial charge in [0, 0.05) is 18.9 Å². The van der Waals surface area contributed by atoms with Crippen LogP contribution in [-0.4, -0.2) is 22.4 Å². The second kappa shape index (κ2) is 8.64. The van der Waals surface area contributed by atoms with Gasteiger partial charge in [0.15, 0.2) is 0 Å². The number of halogens is 1. The monoisotopic (exact) mass is 380 g/mol. The molecule has 0 saturated carbocycles. The summed E-state index contributed by atoms with van der Waals surface area (Å²) in [5.41, 5.74) is 4.18. The smallest absolute Gasteiger partial charge is 0.258 e. The Labute approximate surface area is 163 Å². The minimum atomic E-state index is -0.292. The molecule has 138 valence electrons. The molecule has 0 radical (unpaired) electrons. The van der Waals surface area contributed by atoms with Crippen LogP contribution in [0.15, 0.2) is 54.9 Å². The molecule has 6 heteroatoms. The van der Waals surface area contributed by atoms with Gasteiger partial charge in [0.25, 0.3) is 5.91 Å². The number of hydrogen-bond acceptors (Lipinski definition) is 4. The molecule has 0 bridgehead atoms. The number of nitrogens with zero attached hydrogens (tertiary/aromatic N) is 2. The van der Waals surface area contributed by atoms with Gasteiger partial charge in [0.2, 0.25) is 5.95 Å². The van der Waals surface area contributed by atoms with Crippen molar-refractivity contribution in [2.24, 2.45) is 0 Å². The Morgan fingerprint density at radius 3 is 2.44 bits per heavy atom. The molecular formula is C21H21ClN4O. The zero-order valence-corrected chi connectivity index (χ0v) is 16.0. The fraction of sp³-hybridized carbons (Fsp3) is 0.190. The first-order chi connectivity index (χ1) is 13.0. The van der Waals surface area contributed by atoms with Crippen molar-refractivity contribution in [1.82, 2.24) is 9.97 Å². The molecule has 0 atom stereocenters. The second-order valence-electron chi connectivity index (χ2n) is 6.35. The van der Waals surface area contributed by atoms with Crippen molar-refractivity contribution in [2.45, 2.75) is 20.3 Å².